The maximum Gasteiger partial charge on any atom is 0.154 e. The number of hydrogen-bond acceptors (Lipinski definition) is 5. The van der Waals surface area contributed by atoms with E-state index in [1.165, 1.54) is 49.9 Å². The number of benzene rings is 6. The van der Waals surface area contributed by atoms with E-state index in [0.717, 1.165) is 56.2 Å². The molecule has 9 rings (SSSR count). The first-order valence-electron chi connectivity index (χ1n) is 27.2. The molecule has 0 aliphatic heterocycles. The summed E-state index contributed by atoms with van der Waals surface area (Å²) in [7, 11) is 0. The van der Waals surface area contributed by atoms with Crippen LogP contribution in [0.4, 0.5) is 22.9 Å². The van der Waals surface area contributed by atoms with Crippen LogP contribution >= 0.6 is 0 Å². The minimum atomic E-state index is -0.140. The predicted octanol–water partition coefficient (Wildman–Crippen LogP) is 20.0. The first kappa shape index (κ1) is 53.6. The van der Waals surface area contributed by atoms with Crippen molar-refractivity contribution in [2.75, 3.05) is 10.6 Å². The second-order valence-electron chi connectivity index (χ2n) is 27.3. The number of fused-ring (bicyclic) bond motifs is 3. The fraction of sp³-hybridized carbons (Fsp3) is 0.343. The van der Waals surface area contributed by atoms with Crippen molar-refractivity contribution in [2.24, 2.45) is 0 Å². The Bertz CT molecular complexity index is 3460. The fourth-order valence-corrected chi connectivity index (χ4v) is 9.88. The highest BCUT2D eigenvalue weighted by molar-refractivity contribution is 6.09. The molecular weight excluding hydrogens is 927 g/mol. The number of nitrogens with zero attached hydrogens (tertiary/aromatic N) is 3. The normalized spacial score (nSPS) is 12.9. The molecule has 76 heavy (non-hydrogen) atoms. The van der Waals surface area contributed by atoms with Gasteiger partial charge < -0.3 is 15.4 Å². The molecule has 392 valence electrons. The summed E-state index contributed by atoms with van der Waals surface area (Å²) >= 11 is 0. The van der Waals surface area contributed by atoms with Gasteiger partial charge in [0.1, 0.15) is 17.3 Å². The van der Waals surface area contributed by atoms with Gasteiger partial charge in [0.05, 0.1) is 22.4 Å². The second-order valence-corrected chi connectivity index (χ2v) is 27.3. The van der Waals surface area contributed by atoms with E-state index in [1.54, 1.807) is 0 Å². The van der Waals surface area contributed by atoms with E-state index in [9.17, 15) is 0 Å². The van der Waals surface area contributed by atoms with Crippen LogP contribution in [-0.4, -0.2) is 14.5 Å². The topological polar surface area (TPSA) is 64.0 Å². The Morgan fingerprint density at radius 1 is 0.382 bits per heavy atom. The van der Waals surface area contributed by atoms with Gasteiger partial charge in [-0.25, -0.2) is 9.97 Å². The zero-order valence-electron chi connectivity index (χ0n) is 48.7. The number of anilines is 4. The average Bonchev–Trinajstić information content (AvgIpc) is 3.67. The Hall–Kier alpha value is -7.18. The van der Waals surface area contributed by atoms with E-state index in [-0.39, 0.29) is 32.5 Å². The number of nitrogens with one attached hydrogen (secondary N) is 2. The lowest BCUT2D eigenvalue weighted by atomic mass is 9.76. The molecule has 0 saturated heterocycles. The third-order valence-corrected chi connectivity index (χ3v) is 14.8. The highest BCUT2D eigenvalue weighted by Crippen LogP contribution is 2.47. The molecule has 6 nitrogen and oxygen atoms in total. The molecule has 0 aliphatic rings. The third-order valence-electron chi connectivity index (χ3n) is 14.8. The molecule has 2 N–H and O–H groups in total. The fourth-order valence-electron chi connectivity index (χ4n) is 9.88. The van der Waals surface area contributed by atoms with Crippen molar-refractivity contribution in [3.05, 3.63) is 185 Å². The Kier molecular flexibility index (Phi) is 13.7. The Balaban J connectivity index is 1.16. The van der Waals surface area contributed by atoms with E-state index < -0.39 is 0 Å². The Labute approximate surface area is 454 Å². The molecule has 0 amide bonds. The van der Waals surface area contributed by atoms with Gasteiger partial charge in [0.2, 0.25) is 0 Å². The molecule has 6 heteroatoms. The van der Waals surface area contributed by atoms with Gasteiger partial charge in [0, 0.05) is 52.1 Å². The molecule has 0 bridgehead atoms. The first-order chi connectivity index (χ1) is 35.4. The summed E-state index contributed by atoms with van der Waals surface area (Å²) in [6.45, 7) is 41.5. The van der Waals surface area contributed by atoms with Crippen LogP contribution in [-0.2, 0) is 32.5 Å². The van der Waals surface area contributed by atoms with Crippen LogP contribution in [0.25, 0.3) is 49.9 Å². The van der Waals surface area contributed by atoms with Crippen molar-refractivity contribution in [2.45, 2.75) is 157 Å². The number of pyridine rings is 2. The van der Waals surface area contributed by atoms with Crippen LogP contribution in [0.1, 0.15) is 158 Å². The van der Waals surface area contributed by atoms with Crippen LogP contribution in [0.5, 0.6) is 11.5 Å². The number of rotatable bonds is 9. The smallest absolute Gasteiger partial charge is 0.154 e. The molecule has 0 saturated carbocycles. The summed E-state index contributed by atoms with van der Waals surface area (Å²) in [4.78, 5) is 9.92. The lowest BCUT2D eigenvalue weighted by Gasteiger charge is -2.30. The molecular formula is C70H81N5O. The highest BCUT2D eigenvalue weighted by atomic mass is 16.5. The lowest BCUT2D eigenvalue weighted by Crippen LogP contribution is -2.17. The van der Waals surface area contributed by atoms with Gasteiger partial charge in [-0.2, -0.15) is 0 Å². The van der Waals surface area contributed by atoms with Crippen molar-refractivity contribution in [3.8, 4) is 39.6 Å². The van der Waals surface area contributed by atoms with E-state index >= 15 is 0 Å². The largest absolute Gasteiger partial charge is 0.457 e. The number of aromatic nitrogens is 3. The summed E-state index contributed by atoms with van der Waals surface area (Å²) in [5, 5.41) is 10.1. The SMILES string of the molecule is CC(C)(C)c1cc(-c2cc(C(C)(C)C)cc(-c3cc(C(C)(C)C)cc(C(C)(C)C)c3)c2Nc2cccnc2Nc2cccc(Oc3ccc4c5ccccc5n(-c5cc(C(C)(C)C)ccn5)c4c3)c2)cc(C(C)(C)C)c1. The van der Waals surface area contributed by atoms with E-state index in [0.29, 0.717) is 11.6 Å². The van der Waals surface area contributed by atoms with Crippen molar-refractivity contribution in [1.29, 1.82) is 0 Å². The highest BCUT2D eigenvalue weighted by Gasteiger charge is 2.28. The van der Waals surface area contributed by atoms with Gasteiger partial charge in [-0.05, 0) is 144 Å². The van der Waals surface area contributed by atoms with E-state index in [1.807, 2.05) is 36.7 Å². The van der Waals surface area contributed by atoms with Crippen LogP contribution in [0, 0.1) is 0 Å². The van der Waals surface area contributed by atoms with Crippen molar-refractivity contribution < 1.29 is 4.74 Å². The number of ether oxygens (including phenoxy) is 1. The minimum Gasteiger partial charge on any atom is -0.457 e. The Morgan fingerprint density at radius 3 is 1.45 bits per heavy atom. The van der Waals surface area contributed by atoms with Gasteiger partial charge in [-0.3, -0.25) is 4.57 Å². The summed E-state index contributed by atoms with van der Waals surface area (Å²) < 4.78 is 9.00. The monoisotopic (exact) mass is 1010 g/mol. The van der Waals surface area contributed by atoms with Gasteiger partial charge in [0.15, 0.2) is 5.82 Å². The van der Waals surface area contributed by atoms with Gasteiger partial charge in [-0.15, -0.1) is 0 Å². The maximum absolute atomic E-state index is 6.75. The molecule has 0 fully saturated rings. The molecule has 0 aliphatic carbocycles. The standard InChI is InChI=1S/C70H81N5O/c1-65(2,3)46-30-32-71-62(41-46)75-60-27-20-19-25-55(60)56-29-28-54(43-61(56)75)76-53-24-21-23-52(42-53)73-64-59(26-22-31-72-64)74-63-57(44-33-47(66(4,5)6)37-48(34-44)67(7,8)9)39-51(70(16,17)18)40-58(63)45-35-49(68(10,11)12)38-50(36-45)69(13,14)15/h19-43,74H,1-18H3,(H,72,73). The van der Waals surface area contributed by atoms with Crippen LogP contribution in [0.3, 0.4) is 0 Å². The summed E-state index contributed by atoms with van der Waals surface area (Å²) in [6, 6.07) is 50.8. The van der Waals surface area contributed by atoms with E-state index in [4.69, 9.17) is 14.7 Å². The maximum atomic E-state index is 6.75. The van der Waals surface area contributed by atoms with Crippen molar-refractivity contribution in [1.82, 2.24) is 14.5 Å². The number of para-hydroxylation sites is 1. The van der Waals surface area contributed by atoms with Gasteiger partial charge in [0.25, 0.3) is 0 Å². The predicted molar refractivity (Wildman–Crippen MR) is 325 cm³/mol. The molecule has 0 unspecified atom stereocenters. The van der Waals surface area contributed by atoms with Crippen LogP contribution < -0.4 is 15.4 Å². The van der Waals surface area contributed by atoms with Gasteiger partial charge >= 0.3 is 0 Å². The summed E-state index contributed by atoms with van der Waals surface area (Å²) in [5.74, 6) is 3.02. The number of hydrogen-bond donors (Lipinski definition) is 2. The molecule has 3 aromatic heterocycles. The minimum absolute atomic E-state index is 0.0241. The lowest BCUT2D eigenvalue weighted by molar-refractivity contribution is 0.483. The molecule has 6 aromatic carbocycles. The molecule has 3 heterocycles. The molecule has 9 aromatic rings. The van der Waals surface area contributed by atoms with Crippen LogP contribution in [0.15, 0.2) is 152 Å². The molecule has 0 radical (unpaired) electrons. The Morgan fingerprint density at radius 2 is 0.895 bits per heavy atom. The summed E-state index contributed by atoms with van der Waals surface area (Å²) in [5.41, 5.74) is 16.8. The van der Waals surface area contributed by atoms with Gasteiger partial charge in [-0.1, -0.05) is 185 Å². The van der Waals surface area contributed by atoms with Crippen molar-refractivity contribution in [3.63, 3.8) is 0 Å². The first-order valence-corrected chi connectivity index (χ1v) is 27.2. The van der Waals surface area contributed by atoms with E-state index in [2.05, 4.69) is 255 Å². The third kappa shape index (κ3) is 11.3. The van der Waals surface area contributed by atoms with Crippen LogP contribution in [0.2, 0.25) is 0 Å². The zero-order chi connectivity index (χ0) is 54.9. The second kappa shape index (κ2) is 19.4. The molecule has 0 spiro atoms. The summed E-state index contributed by atoms with van der Waals surface area (Å²) in [6.07, 6.45) is 3.77. The molecule has 0 atom stereocenters. The zero-order valence-corrected chi connectivity index (χ0v) is 48.7. The average molecular weight is 1010 g/mol. The quantitative estimate of drug-likeness (QED) is 0.151. The van der Waals surface area contributed by atoms with Crippen molar-refractivity contribution >= 4 is 44.7 Å².